The number of carbonyl (C=O) groups is 1. The van der Waals surface area contributed by atoms with Crippen molar-refractivity contribution in [2.75, 3.05) is 0 Å². The number of carboxylic acids is 1. The standard InChI is InChI=1S/C12H10BrF3O3/c13-6-3-7(11(1-2-11)5-9(17)18)10(19)8(4-6)12(14,15)16/h3-4,19H,1-2,5H2,(H,17,18). The van der Waals surface area contributed by atoms with Crippen molar-refractivity contribution in [3.8, 4) is 5.75 Å². The Hall–Kier alpha value is -1.24. The first kappa shape index (κ1) is 14.2. The van der Waals surface area contributed by atoms with Gasteiger partial charge in [0.25, 0.3) is 0 Å². The van der Waals surface area contributed by atoms with Gasteiger partial charge in [-0.15, -0.1) is 0 Å². The topological polar surface area (TPSA) is 57.5 Å². The molecule has 19 heavy (non-hydrogen) atoms. The third-order valence-electron chi connectivity index (χ3n) is 3.29. The van der Waals surface area contributed by atoms with Crippen LogP contribution in [0, 0.1) is 0 Å². The second kappa shape index (κ2) is 4.40. The van der Waals surface area contributed by atoms with Crippen LogP contribution in [-0.2, 0) is 16.4 Å². The smallest absolute Gasteiger partial charge is 0.420 e. The van der Waals surface area contributed by atoms with Crippen LogP contribution in [0.5, 0.6) is 5.75 Å². The highest BCUT2D eigenvalue weighted by molar-refractivity contribution is 9.10. The molecule has 0 saturated heterocycles. The minimum Gasteiger partial charge on any atom is -0.507 e. The Labute approximate surface area is 115 Å². The Morgan fingerprint density at radius 3 is 2.37 bits per heavy atom. The molecular formula is C12H10BrF3O3. The number of halogens is 4. The summed E-state index contributed by atoms with van der Waals surface area (Å²) in [6.45, 7) is 0. The molecule has 0 aromatic heterocycles. The summed E-state index contributed by atoms with van der Waals surface area (Å²) in [7, 11) is 0. The predicted molar refractivity (Wildman–Crippen MR) is 64.0 cm³/mol. The summed E-state index contributed by atoms with van der Waals surface area (Å²) < 4.78 is 38.5. The fraction of sp³-hybridized carbons (Fsp3) is 0.417. The van der Waals surface area contributed by atoms with Gasteiger partial charge in [0, 0.05) is 15.5 Å². The van der Waals surface area contributed by atoms with Crippen LogP contribution in [0.4, 0.5) is 13.2 Å². The van der Waals surface area contributed by atoms with E-state index in [1.165, 1.54) is 6.07 Å². The van der Waals surface area contributed by atoms with Crippen molar-refractivity contribution in [3.63, 3.8) is 0 Å². The third-order valence-corrected chi connectivity index (χ3v) is 3.75. The largest absolute Gasteiger partial charge is 0.507 e. The zero-order valence-electron chi connectivity index (χ0n) is 9.59. The zero-order chi connectivity index (χ0) is 14.4. The molecule has 1 aromatic carbocycles. The van der Waals surface area contributed by atoms with Gasteiger partial charge in [-0.2, -0.15) is 13.2 Å². The van der Waals surface area contributed by atoms with Crippen LogP contribution in [0.1, 0.15) is 30.4 Å². The summed E-state index contributed by atoms with van der Waals surface area (Å²) in [6, 6.07) is 2.15. The lowest BCUT2D eigenvalue weighted by molar-refractivity contribution is -0.139. The van der Waals surface area contributed by atoms with Crippen molar-refractivity contribution >= 4 is 21.9 Å². The molecule has 3 nitrogen and oxygen atoms in total. The fourth-order valence-corrected chi connectivity index (χ4v) is 2.66. The monoisotopic (exact) mass is 338 g/mol. The minimum absolute atomic E-state index is 0.0524. The molecule has 1 aliphatic rings. The van der Waals surface area contributed by atoms with Gasteiger partial charge in [0.1, 0.15) is 5.75 Å². The maximum absolute atomic E-state index is 12.8. The van der Waals surface area contributed by atoms with E-state index in [1.54, 1.807) is 0 Å². The van der Waals surface area contributed by atoms with E-state index in [9.17, 15) is 23.1 Å². The number of rotatable bonds is 3. The quantitative estimate of drug-likeness (QED) is 0.883. The highest BCUT2D eigenvalue weighted by Crippen LogP contribution is 2.56. The number of benzene rings is 1. The van der Waals surface area contributed by atoms with Crippen molar-refractivity contribution in [2.24, 2.45) is 0 Å². The average Bonchev–Trinajstić information content (AvgIpc) is 2.99. The molecule has 1 aliphatic carbocycles. The lowest BCUT2D eigenvalue weighted by atomic mass is 9.90. The minimum atomic E-state index is -4.68. The summed E-state index contributed by atoms with van der Waals surface area (Å²) in [5.74, 6) is -1.96. The maximum Gasteiger partial charge on any atom is 0.420 e. The van der Waals surface area contributed by atoms with E-state index >= 15 is 0 Å². The molecule has 1 saturated carbocycles. The predicted octanol–water partition coefficient (Wildman–Crippen LogP) is 3.68. The molecule has 104 valence electrons. The van der Waals surface area contributed by atoms with Crippen LogP contribution in [0.25, 0.3) is 0 Å². The molecule has 1 aromatic rings. The van der Waals surface area contributed by atoms with Gasteiger partial charge in [0.15, 0.2) is 0 Å². The fourth-order valence-electron chi connectivity index (χ4n) is 2.20. The number of aromatic hydroxyl groups is 1. The Kier molecular flexibility index (Phi) is 3.28. The van der Waals surface area contributed by atoms with Crippen molar-refractivity contribution < 1.29 is 28.2 Å². The number of hydrogen-bond donors (Lipinski definition) is 2. The van der Waals surface area contributed by atoms with Gasteiger partial charge in [-0.1, -0.05) is 15.9 Å². The number of carboxylic acid groups (broad SMARTS) is 1. The van der Waals surface area contributed by atoms with Crippen LogP contribution < -0.4 is 0 Å². The number of aliphatic carboxylic acids is 1. The normalized spacial score (nSPS) is 17.3. The highest BCUT2D eigenvalue weighted by Gasteiger charge is 2.49. The van der Waals surface area contributed by atoms with E-state index in [-0.39, 0.29) is 16.5 Å². The van der Waals surface area contributed by atoms with E-state index in [0.29, 0.717) is 12.8 Å². The molecule has 0 bridgehead atoms. The molecular weight excluding hydrogens is 329 g/mol. The summed E-state index contributed by atoms with van der Waals surface area (Å²) in [4.78, 5) is 10.8. The highest BCUT2D eigenvalue weighted by atomic mass is 79.9. The van der Waals surface area contributed by atoms with Crippen molar-refractivity contribution in [3.05, 3.63) is 27.7 Å². The first-order valence-corrected chi connectivity index (χ1v) is 6.27. The summed E-state index contributed by atoms with van der Waals surface area (Å²) in [5.41, 5.74) is -1.97. The zero-order valence-corrected chi connectivity index (χ0v) is 11.2. The van der Waals surface area contributed by atoms with E-state index in [2.05, 4.69) is 15.9 Å². The lowest BCUT2D eigenvalue weighted by Gasteiger charge is -2.19. The van der Waals surface area contributed by atoms with E-state index in [0.717, 1.165) is 6.07 Å². The van der Waals surface area contributed by atoms with Gasteiger partial charge in [-0.05, 0) is 25.0 Å². The first-order valence-electron chi connectivity index (χ1n) is 5.48. The molecule has 1 fully saturated rings. The Bertz CT molecular complexity index is 536. The molecule has 0 amide bonds. The van der Waals surface area contributed by atoms with Gasteiger partial charge in [0.05, 0.1) is 12.0 Å². The molecule has 0 atom stereocenters. The summed E-state index contributed by atoms with van der Waals surface area (Å²) >= 11 is 2.97. The third kappa shape index (κ3) is 2.70. The Morgan fingerprint density at radius 2 is 1.95 bits per heavy atom. The number of hydrogen-bond acceptors (Lipinski definition) is 2. The second-order valence-corrected chi connectivity index (χ2v) is 5.61. The van der Waals surface area contributed by atoms with Crippen LogP contribution in [0.15, 0.2) is 16.6 Å². The molecule has 0 unspecified atom stereocenters. The first-order chi connectivity index (χ1) is 8.66. The van der Waals surface area contributed by atoms with Crippen LogP contribution >= 0.6 is 15.9 Å². The van der Waals surface area contributed by atoms with Gasteiger partial charge < -0.3 is 10.2 Å². The van der Waals surface area contributed by atoms with E-state index in [4.69, 9.17) is 5.11 Å². The average molecular weight is 339 g/mol. The van der Waals surface area contributed by atoms with Gasteiger partial charge in [0.2, 0.25) is 0 Å². The molecule has 2 N–H and O–H groups in total. The van der Waals surface area contributed by atoms with Crippen molar-refractivity contribution in [2.45, 2.75) is 30.9 Å². The molecule has 0 spiro atoms. The SMILES string of the molecule is O=C(O)CC1(c2cc(Br)cc(C(F)(F)F)c2O)CC1. The Balaban J connectivity index is 2.53. The van der Waals surface area contributed by atoms with Crippen molar-refractivity contribution in [1.82, 2.24) is 0 Å². The molecule has 7 heteroatoms. The number of alkyl halides is 3. The van der Waals surface area contributed by atoms with Gasteiger partial charge in [-0.25, -0.2) is 0 Å². The molecule has 0 radical (unpaired) electrons. The van der Waals surface area contributed by atoms with Crippen LogP contribution in [-0.4, -0.2) is 16.2 Å². The van der Waals surface area contributed by atoms with Crippen LogP contribution in [0.2, 0.25) is 0 Å². The number of phenolic OH excluding ortho intramolecular Hbond substituents is 1. The second-order valence-electron chi connectivity index (χ2n) is 4.70. The molecule has 0 aliphatic heterocycles. The van der Waals surface area contributed by atoms with Gasteiger partial charge >= 0.3 is 12.1 Å². The van der Waals surface area contributed by atoms with Crippen molar-refractivity contribution in [1.29, 1.82) is 0 Å². The van der Waals surface area contributed by atoms with Crippen LogP contribution in [0.3, 0.4) is 0 Å². The molecule has 0 heterocycles. The Morgan fingerprint density at radius 1 is 1.37 bits per heavy atom. The maximum atomic E-state index is 12.8. The molecule has 2 rings (SSSR count). The van der Waals surface area contributed by atoms with E-state index in [1.807, 2.05) is 0 Å². The number of phenols is 1. The summed E-state index contributed by atoms with van der Waals surface area (Å²) in [6.07, 6.45) is -4.04. The van der Waals surface area contributed by atoms with E-state index < -0.39 is 28.9 Å². The lowest BCUT2D eigenvalue weighted by Crippen LogP contribution is -2.15. The summed E-state index contributed by atoms with van der Waals surface area (Å²) in [5, 5.41) is 18.6. The van der Waals surface area contributed by atoms with Gasteiger partial charge in [-0.3, -0.25) is 4.79 Å².